The SMILES string of the molecule is CC.COc1cc(C(O)(O)C(O)(O)NC(=O)OCOC(=O)C(N)C(C)C)c(OC)cc1Br. The maximum absolute atomic E-state index is 11.8. The number of halogens is 1. The lowest BCUT2D eigenvalue weighted by atomic mass is 10.0. The number of nitrogens with one attached hydrogen (secondary N) is 1. The first kappa shape index (κ1) is 29.8. The predicted molar refractivity (Wildman–Crippen MR) is 115 cm³/mol. The molecule has 0 saturated carbocycles. The Hall–Kier alpha value is -2.16. The van der Waals surface area contributed by atoms with Gasteiger partial charge in [0.2, 0.25) is 6.79 Å². The third-order valence-electron chi connectivity index (χ3n) is 3.99. The van der Waals surface area contributed by atoms with Crippen LogP contribution in [0.2, 0.25) is 0 Å². The number of hydrogen-bond acceptors (Lipinski definition) is 11. The van der Waals surface area contributed by atoms with Crippen molar-refractivity contribution < 1.29 is 49.0 Å². The predicted octanol–water partition coefficient (Wildman–Crippen LogP) is 0.478. The molecule has 1 atom stereocenters. The fourth-order valence-corrected chi connectivity index (χ4v) is 2.58. The Morgan fingerprint density at radius 2 is 1.59 bits per heavy atom. The van der Waals surface area contributed by atoms with Crippen LogP contribution in [0.1, 0.15) is 33.3 Å². The summed E-state index contributed by atoms with van der Waals surface area (Å²) in [6.07, 6.45) is -1.54. The normalized spacial score (nSPS) is 12.3. The Labute approximate surface area is 194 Å². The highest BCUT2D eigenvalue weighted by Crippen LogP contribution is 2.40. The van der Waals surface area contributed by atoms with Crippen LogP contribution in [0.4, 0.5) is 4.79 Å². The van der Waals surface area contributed by atoms with Gasteiger partial charge in [-0.2, -0.15) is 0 Å². The summed E-state index contributed by atoms with van der Waals surface area (Å²) in [5.41, 5.74) is 5.01. The molecule has 1 unspecified atom stereocenters. The summed E-state index contributed by atoms with van der Waals surface area (Å²) in [4.78, 5) is 23.4. The molecule has 13 heteroatoms. The molecule has 0 radical (unpaired) electrons. The van der Waals surface area contributed by atoms with Crippen LogP contribution < -0.4 is 20.5 Å². The van der Waals surface area contributed by atoms with Gasteiger partial charge in [0, 0.05) is 0 Å². The number of ether oxygens (including phenoxy) is 4. The van der Waals surface area contributed by atoms with E-state index in [0.29, 0.717) is 4.47 Å². The first-order chi connectivity index (χ1) is 14.8. The van der Waals surface area contributed by atoms with Crippen molar-refractivity contribution >= 4 is 28.0 Å². The number of rotatable bonds is 9. The minimum absolute atomic E-state index is 0.102. The van der Waals surface area contributed by atoms with Gasteiger partial charge in [-0.1, -0.05) is 27.7 Å². The maximum Gasteiger partial charge on any atom is 0.414 e. The van der Waals surface area contributed by atoms with E-state index in [0.717, 1.165) is 6.07 Å². The standard InChI is InChI=1S/C17H25BrN2O10.C2H6/c1-8(2)13(19)14(21)29-7-30-15(22)20-17(25,26)16(23,24)9-5-12(28-4)10(18)6-11(9)27-3;1-2/h5-6,8,13,23-26H,7,19H2,1-4H3,(H,20,22);1-2H3. The van der Waals surface area contributed by atoms with Gasteiger partial charge in [0.05, 0.1) is 24.3 Å². The fraction of sp³-hybridized carbons (Fsp3) is 0.579. The van der Waals surface area contributed by atoms with Crippen molar-refractivity contribution in [1.29, 1.82) is 0 Å². The van der Waals surface area contributed by atoms with Gasteiger partial charge in [0.25, 0.3) is 5.79 Å². The molecule has 0 aromatic heterocycles. The number of alkyl carbamates (subject to hydrolysis) is 1. The average molecular weight is 527 g/mol. The topological polar surface area (TPSA) is 190 Å². The molecule has 1 aromatic carbocycles. The van der Waals surface area contributed by atoms with Crippen LogP contribution in [0.5, 0.6) is 11.5 Å². The molecule has 0 spiro atoms. The van der Waals surface area contributed by atoms with Gasteiger partial charge in [0.1, 0.15) is 17.5 Å². The summed E-state index contributed by atoms with van der Waals surface area (Å²) in [6.45, 7) is 6.46. The first-order valence-electron chi connectivity index (χ1n) is 9.47. The lowest BCUT2D eigenvalue weighted by Gasteiger charge is -2.35. The smallest absolute Gasteiger partial charge is 0.414 e. The summed E-state index contributed by atoms with van der Waals surface area (Å²) < 4.78 is 19.5. The summed E-state index contributed by atoms with van der Waals surface area (Å²) in [5.74, 6) is -8.29. The minimum atomic E-state index is -3.66. The number of carbonyl (C=O) groups is 2. The average Bonchev–Trinajstić information content (AvgIpc) is 2.73. The minimum Gasteiger partial charge on any atom is -0.496 e. The summed E-state index contributed by atoms with van der Waals surface area (Å²) in [6, 6.07) is 1.38. The molecule has 184 valence electrons. The van der Waals surface area contributed by atoms with E-state index in [9.17, 15) is 30.0 Å². The van der Waals surface area contributed by atoms with Gasteiger partial charge in [-0.3, -0.25) is 10.1 Å². The summed E-state index contributed by atoms with van der Waals surface area (Å²) >= 11 is 3.17. The van der Waals surface area contributed by atoms with Gasteiger partial charge in [-0.25, -0.2) is 4.79 Å². The zero-order valence-corrected chi connectivity index (χ0v) is 20.3. The number of aliphatic hydroxyl groups is 4. The molecule has 0 aliphatic carbocycles. The lowest BCUT2D eigenvalue weighted by molar-refractivity contribution is -0.375. The Morgan fingerprint density at radius 3 is 2.06 bits per heavy atom. The van der Waals surface area contributed by atoms with E-state index in [2.05, 4.69) is 25.4 Å². The van der Waals surface area contributed by atoms with Crippen molar-refractivity contribution in [3.05, 3.63) is 22.2 Å². The highest BCUT2D eigenvalue weighted by atomic mass is 79.9. The van der Waals surface area contributed by atoms with Crippen molar-refractivity contribution in [2.75, 3.05) is 21.0 Å². The molecular formula is C19H31BrN2O10. The van der Waals surface area contributed by atoms with Crippen molar-refractivity contribution in [3.8, 4) is 11.5 Å². The second kappa shape index (κ2) is 12.8. The number of hydrogen-bond donors (Lipinski definition) is 6. The zero-order valence-electron chi connectivity index (χ0n) is 18.7. The number of methoxy groups -OCH3 is 2. The maximum atomic E-state index is 11.8. The van der Waals surface area contributed by atoms with E-state index in [1.54, 1.807) is 13.8 Å². The Morgan fingerprint density at radius 1 is 1.06 bits per heavy atom. The van der Waals surface area contributed by atoms with Crippen molar-refractivity contribution in [1.82, 2.24) is 5.32 Å². The molecule has 1 aromatic rings. The zero-order chi connectivity index (χ0) is 25.3. The number of amides is 1. The van der Waals surface area contributed by atoms with Crippen LogP contribution >= 0.6 is 15.9 Å². The highest BCUT2D eigenvalue weighted by Gasteiger charge is 2.53. The molecule has 0 bridgehead atoms. The third kappa shape index (κ3) is 7.46. The van der Waals surface area contributed by atoms with Gasteiger partial charge in [-0.15, -0.1) is 0 Å². The molecule has 12 nitrogen and oxygen atoms in total. The van der Waals surface area contributed by atoms with Crippen LogP contribution in [-0.4, -0.2) is 65.5 Å². The van der Waals surface area contributed by atoms with Crippen LogP contribution in [0.25, 0.3) is 0 Å². The quantitative estimate of drug-likeness (QED) is 0.193. The summed E-state index contributed by atoms with van der Waals surface area (Å²) in [5, 5.41) is 42.4. The molecule has 0 aliphatic heterocycles. The van der Waals surface area contributed by atoms with Crippen LogP contribution in [0.3, 0.4) is 0 Å². The molecule has 0 heterocycles. The van der Waals surface area contributed by atoms with Crippen molar-refractivity contribution in [2.45, 2.75) is 45.4 Å². The van der Waals surface area contributed by atoms with Gasteiger partial charge >= 0.3 is 18.0 Å². The number of esters is 1. The van der Waals surface area contributed by atoms with E-state index in [1.807, 2.05) is 13.8 Å². The number of nitrogens with two attached hydrogens (primary N) is 1. The second-order valence-electron chi connectivity index (χ2n) is 6.44. The first-order valence-corrected chi connectivity index (χ1v) is 10.3. The Kier molecular flexibility index (Phi) is 11.9. The highest BCUT2D eigenvalue weighted by molar-refractivity contribution is 9.10. The lowest BCUT2D eigenvalue weighted by Crippen LogP contribution is -2.63. The van der Waals surface area contributed by atoms with E-state index in [1.165, 1.54) is 25.6 Å². The monoisotopic (exact) mass is 526 g/mol. The van der Waals surface area contributed by atoms with Gasteiger partial charge in [0.15, 0.2) is 0 Å². The van der Waals surface area contributed by atoms with E-state index >= 15 is 0 Å². The van der Waals surface area contributed by atoms with Gasteiger partial charge in [-0.05, 0) is 34.0 Å². The molecular weight excluding hydrogens is 496 g/mol. The fourth-order valence-electron chi connectivity index (χ4n) is 2.10. The molecule has 32 heavy (non-hydrogen) atoms. The van der Waals surface area contributed by atoms with Crippen LogP contribution in [0.15, 0.2) is 16.6 Å². The van der Waals surface area contributed by atoms with Crippen molar-refractivity contribution in [2.24, 2.45) is 11.7 Å². The molecule has 0 saturated heterocycles. The third-order valence-corrected chi connectivity index (χ3v) is 4.61. The Bertz CT molecular complexity index is 771. The van der Waals surface area contributed by atoms with Gasteiger partial charge < -0.3 is 45.1 Å². The summed E-state index contributed by atoms with van der Waals surface area (Å²) in [7, 11) is 2.49. The largest absolute Gasteiger partial charge is 0.496 e. The molecule has 1 amide bonds. The number of benzene rings is 1. The van der Waals surface area contributed by atoms with Crippen LogP contribution in [-0.2, 0) is 20.1 Å². The molecule has 0 fully saturated rings. The molecule has 7 N–H and O–H groups in total. The van der Waals surface area contributed by atoms with E-state index < -0.39 is 42.2 Å². The van der Waals surface area contributed by atoms with E-state index in [-0.39, 0.29) is 17.4 Å². The Balaban J connectivity index is 0.00000466. The van der Waals surface area contributed by atoms with Crippen LogP contribution in [0, 0.1) is 5.92 Å². The molecule has 1 rings (SSSR count). The van der Waals surface area contributed by atoms with E-state index in [4.69, 9.17) is 15.2 Å². The second-order valence-corrected chi connectivity index (χ2v) is 7.29. The van der Waals surface area contributed by atoms with Crippen molar-refractivity contribution in [3.63, 3.8) is 0 Å². The molecule has 0 aliphatic rings. The number of carbonyl (C=O) groups excluding carboxylic acids is 2.